The summed E-state index contributed by atoms with van der Waals surface area (Å²) in [6, 6.07) is 19.2. The first kappa shape index (κ1) is 20.1. The Kier molecular flexibility index (Phi) is 7.40. The highest BCUT2D eigenvalue weighted by molar-refractivity contribution is 5.79. The Labute approximate surface area is 169 Å². The van der Waals surface area contributed by atoms with Gasteiger partial charge in [-0.05, 0) is 42.0 Å². The van der Waals surface area contributed by atoms with E-state index in [1.807, 2.05) is 36.4 Å². The van der Waals surface area contributed by atoms with Crippen molar-refractivity contribution in [2.75, 3.05) is 20.2 Å². The number of para-hydroxylation sites is 1. The Balaban J connectivity index is 1.40. The lowest BCUT2D eigenvalue weighted by Crippen LogP contribution is -2.38. The fourth-order valence-corrected chi connectivity index (χ4v) is 2.46. The summed E-state index contributed by atoms with van der Waals surface area (Å²) in [5, 5.41) is 6.42. The number of pyridine rings is 1. The molecule has 0 aliphatic carbocycles. The van der Waals surface area contributed by atoms with E-state index >= 15 is 0 Å². The maximum atomic E-state index is 12.9. The highest BCUT2D eigenvalue weighted by atomic mass is 19.1. The average molecular weight is 394 g/mol. The van der Waals surface area contributed by atoms with Crippen molar-refractivity contribution in [3.63, 3.8) is 0 Å². The summed E-state index contributed by atoms with van der Waals surface area (Å²) in [5.41, 5.74) is 0.972. The van der Waals surface area contributed by atoms with Crippen molar-refractivity contribution < 1.29 is 13.9 Å². The standard InChI is InChI=1S/C22H23FN4O2/c1-24-22(25-13-14-28-19-5-3-2-4-6-19)27-16-17-7-12-21(26-15-17)29-20-10-8-18(23)9-11-20/h2-12,15H,13-14,16H2,1H3,(H2,24,25,27). The molecule has 0 bridgehead atoms. The van der Waals surface area contributed by atoms with Gasteiger partial charge >= 0.3 is 0 Å². The average Bonchev–Trinajstić information content (AvgIpc) is 2.76. The van der Waals surface area contributed by atoms with Crippen LogP contribution in [0.25, 0.3) is 0 Å². The molecule has 0 saturated carbocycles. The summed E-state index contributed by atoms with van der Waals surface area (Å²) >= 11 is 0. The molecule has 29 heavy (non-hydrogen) atoms. The van der Waals surface area contributed by atoms with Gasteiger partial charge in [0.15, 0.2) is 5.96 Å². The molecule has 2 N–H and O–H groups in total. The number of aromatic nitrogens is 1. The minimum absolute atomic E-state index is 0.305. The zero-order chi connectivity index (χ0) is 20.3. The maximum Gasteiger partial charge on any atom is 0.219 e. The van der Waals surface area contributed by atoms with Crippen LogP contribution < -0.4 is 20.1 Å². The van der Waals surface area contributed by atoms with E-state index in [-0.39, 0.29) is 5.82 Å². The van der Waals surface area contributed by atoms with Crippen LogP contribution >= 0.6 is 0 Å². The van der Waals surface area contributed by atoms with E-state index in [2.05, 4.69) is 20.6 Å². The number of aliphatic imine (C=N–C) groups is 1. The van der Waals surface area contributed by atoms with E-state index in [9.17, 15) is 4.39 Å². The minimum Gasteiger partial charge on any atom is -0.492 e. The van der Waals surface area contributed by atoms with Gasteiger partial charge in [0.25, 0.3) is 0 Å². The molecular formula is C22H23FN4O2. The van der Waals surface area contributed by atoms with Crippen molar-refractivity contribution in [3.8, 4) is 17.4 Å². The van der Waals surface area contributed by atoms with Gasteiger partial charge in [0.05, 0.1) is 6.54 Å². The van der Waals surface area contributed by atoms with Gasteiger partial charge in [-0.1, -0.05) is 24.3 Å². The monoisotopic (exact) mass is 394 g/mol. The minimum atomic E-state index is -0.305. The van der Waals surface area contributed by atoms with Crippen LogP contribution in [0.3, 0.4) is 0 Å². The number of benzene rings is 2. The van der Waals surface area contributed by atoms with Crippen molar-refractivity contribution in [2.45, 2.75) is 6.54 Å². The maximum absolute atomic E-state index is 12.9. The Bertz CT molecular complexity index is 900. The number of halogens is 1. The van der Waals surface area contributed by atoms with Crippen molar-refractivity contribution in [1.29, 1.82) is 0 Å². The molecule has 6 nitrogen and oxygen atoms in total. The first-order valence-corrected chi connectivity index (χ1v) is 9.23. The molecule has 0 fully saturated rings. The molecular weight excluding hydrogens is 371 g/mol. The lowest BCUT2D eigenvalue weighted by atomic mass is 10.3. The van der Waals surface area contributed by atoms with Crippen LogP contribution in [0.4, 0.5) is 4.39 Å². The fourth-order valence-electron chi connectivity index (χ4n) is 2.46. The summed E-state index contributed by atoms with van der Waals surface area (Å²) in [5.74, 6) is 2.19. The quantitative estimate of drug-likeness (QED) is 0.346. The van der Waals surface area contributed by atoms with Gasteiger partial charge in [-0.25, -0.2) is 9.37 Å². The first-order valence-electron chi connectivity index (χ1n) is 9.23. The van der Waals surface area contributed by atoms with Crippen molar-refractivity contribution >= 4 is 5.96 Å². The van der Waals surface area contributed by atoms with Crippen LogP contribution in [-0.4, -0.2) is 31.1 Å². The normalized spacial score (nSPS) is 11.0. The van der Waals surface area contributed by atoms with Crippen LogP contribution in [0.5, 0.6) is 17.4 Å². The number of guanidine groups is 1. The van der Waals surface area contributed by atoms with Crippen LogP contribution in [0.2, 0.25) is 0 Å². The predicted molar refractivity (Wildman–Crippen MR) is 111 cm³/mol. The number of rotatable bonds is 8. The van der Waals surface area contributed by atoms with Crippen LogP contribution in [-0.2, 0) is 6.54 Å². The molecule has 0 aliphatic rings. The third-order valence-corrected chi connectivity index (χ3v) is 3.92. The van der Waals surface area contributed by atoms with E-state index in [1.54, 1.807) is 31.4 Å². The van der Waals surface area contributed by atoms with Gasteiger partial charge in [-0.3, -0.25) is 4.99 Å². The molecule has 1 aromatic heterocycles. The van der Waals surface area contributed by atoms with E-state index in [1.165, 1.54) is 12.1 Å². The summed E-state index contributed by atoms with van der Waals surface area (Å²) in [7, 11) is 1.71. The molecule has 0 saturated heterocycles. The van der Waals surface area contributed by atoms with E-state index in [4.69, 9.17) is 9.47 Å². The number of nitrogens with zero attached hydrogens (tertiary/aromatic N) is 2. The summed E-state index contributed by atoms with van der Waals surface area (Å²) in [6.07, 6.45) is 1.72. The molecule has 0 atom stereocenters. The number of ether oxygens (including phenoxy) is 2. The molecule has 3 rings (SSSR count). The summed E-state index contributed by atoms with van der Waals surface area (Å²) in [6.45, 7) is 1.71. The molecule has 0 unspecified atom stereocenters. The Morgan fingerprint density at radius 1 is 0.966 bits per heavy atom. The number of nitrogens with one attached hydrogen (secondary N) is 2. The van der Waals surface area contributed by atoms with E-state index < -0.39 is 0 Å². The van der Waals surface area contributed by atoms with Crippen LogP contribution in [0.1, 0.15) is 5.56 Å². The Morgan fingerprint density at radius 2 is 1.76 bits per heavy atom. The second-order valence-electron chi connectivity index (χ2n) is 6.07. The molecule has 0 aliphatic heterocycles. The molecule has 2 aromatic carbocycles. The van der Waals surface area contributed by atoms with E-state index in [0.29, 0.717) is 37.3 Å². The second kappa shape index (κ2) is 10.7. The first-order chi connectivity index (χ1) is 14.2. The molecule has 150 valence electrons. The Hall–Kier alpha value is -3.61. The number of hydrogen-bond donors (Lipinski definition) is 2. The largest absolute Gasteiger partial charge is 0.492 e. The SMILES string of the molecule is CN=C(NCCOc1ccccc1)NCc1ccc(Oc2ccc(F)cc2)nc1. The Morgan fingerprint density at radius 3 is 2.45 bits per heavy atom. The third kappa shape index (κ3) is 6.80. The van der Waals surface area contributed by atoms with E-state index in [0.717, 1.165) is 11.3 Å². The van der Waals surface area contributed by atoms with Crippen LogP contribution in [0, 0.1) is 5.82 Å². The smallest absolute Gasteiger partial charge is 0.219 e. The highest BCUT2D eigenvalue weighted by Gasteiger charge is 2.02. The lowest BCUT2D eigenvalue weighted by molar-refractivity contribution is 0.322. The van der Waals surface area contributed by atoms with Gasteiger partial charge in [-0.15, -0.1) is 0 Å². The summed E-state index contributed by atoms with van der Waals surface area (Å²) < 4.78 is 24.2. The highest BCUT2D eigenvalue weighted by Crippen LogP contribution is 2.19. The van der Waals surface area contributed by atoms with Crippen molar-refractivity contribution in [3.05, 3.63) is 84.3 Å². The van der Waals surface area contributed by atoms with Gasteiger partial charge in [0.1, 0.15) is 23.9 Å². The molecule has 0 amide bonds. The second-order valence-corrected chi connectivity index (χ2v) is 6.07. The van der Waals surface area contributed by atoms with Gasteiger partial charge in [-0.2, -0.15) is 0 Å². The fraction of sp³-hybridized carbons (Fsp3) is 0.182. The summed E-state index contributed by atoms with van der Waals surface area (Å²) in [4.78, 5) is 8.46. The third-order valence-electron chi connectivity index (χ3n) is 3.92. The lowest BCUT2D eigenvalue weighted by Gasteiger charge is -2.12. The van der Waals surface area contributed by atoms with Gasteiger partial charge < -0.3 is 20.1 Å². The predicted octanol–water partition coefficient (Wildman–Crippen LogP) is 3.76. The topological polar surface area (TPSA) is 67.8 Å². The zero-order valence-electron chi connectivity index (χ0n) is 16.1. The van der Waals surface area contributed by atoms with Gasteiger partial charge in [0.2, 0.25) is 5.88 Å². The van der Waals surface area contributed by atoms with Gasteiger partial charge in [0, 0.05) is 25.9 Å². The van der Waals surface area contributed by atoms with Crippen molar-refractivity contribution in [2.24, 2.45) is 4.99 Å². The molecule has 0 radical (unpaired) electrons. The molecule has 3 aromatic rings. The van der Waals surface area contributed by atoms with Crippen molar-refractivity contribution in [1.82, 2.24) is 15.6 Å². The molecule has 0 spiro atoms. The molecule has 7 heteroatoms. The zero-order valence-corrected chi connectivity index (χ0v) is 16.1. The number of hydrogen-bond acceptors (Lipinski definition) is 4. The molecule has 1 heterocycles. The van der Waals surface area contributed by atoms with Crippen LogP contribution in [0.15, 0.2) is 77.9 Å².